The number of rotatable bonds is 5. The number of anilines is 3. The zero-order chi connectivity index (χ0) is 18.8. The van der Waals surface area contributed by atoms with Crippen LogP contribution in [0.4, 0.5) is 16.6 Å². The van der Waals surface area contributed by atoms with E-state index >= 15 is 0 Å². The van der Waals surface area contributed by atoms with Gasteiger partial charge in [-0.05, 0) is 31.9 Å². The summed E-state index contributed by atoms with van der Waals surface area (Å²) in [5, 5.41) is 10.9. The van der Waals surface area contributed by atoms with Crippen LogP contribution in [-0.4, -0.2) is 27.8 Å². The number of carbonyl (C=O) groups is 1. The number of hydrogen-bond acceptors (Lipinski definition) is 6. The molecular formula is C18H21N5O2S. The molecule has 136 valence electrons. The Labute approximate surface area is 156 Å². The first-order valence-electron chi connectivity index (χ1n) is 8.07. The standard InChI is InChI=1S/C18H21N5O2S/c1-10-8-11(2)16(25-5)12(3)15(10)21-17(24)13-9-19-18(26-13)20-14-6-7-23(4)22-14/h6-9H,1-5H3,(H,21,24)(H,19,20,22). The zero-order valence-electron chi connectivity index (χ0n) is 15.4. The fraction of sp³-hybridized carbons (Fsp3) is 0.278. The second-order valence-corrected chi connectivity index (χ2v) is 7.06. The van der Waals surface area contributed by atoms with E-state index in [0.717, 1.165) is 28.1 Å². The van der Waals surface area contributed by atoms with Crippen molar-refractivity contribution in [2.45, 2.75) is 20.8 Å². The molecule has 0 fully saturated rings. The van der Waals surface area contributed by atoms with Crippen molar-refractivity contribution < 1.29 is 9.53 Å². The van der Waals surface area contributed by atoms with Gasteiger partial charge in [0.1, 0.15) is 10.6 Å². The highest BCUT2D eigenvalue weighted by Crippen LogP contribution is 2.33. The maximum absolute atomic E-state index is 12.6. The molecule has 7 nitrogen and oxygen atoms in total. The quantitative estimate of drug-likeness (QED) is 0.713. The first kappa shape index (κ1) is 17.9. The molecule has 0 saturated carbocycles. The van der Waals surface area contributed by atoms with Gasteiger partial charge in [-0.1, -0.05) is 17.4 Å². The fourth-order valence-electron chi connectivity index (χ4n) is 2.88. The van der Waals surface area contributed by atoms with Crippen molar-refractivity contribution in [2.75, 3.05) is 17.7 Å². The van der Waals surface area contributed by atoms with Gasteiger partial charge in [-0.3, -0.25) is 9.48 Å². The summed E-state index contributed by atoms with van der Waals surface area (Å²) in [5.41, 5.74) is 3.71. The molecule has 0 aliphatic rings. The van der Waals surface area contributed by atoms with Crippen molar-refractivity contribution in [3.8, 4) is 5.75 Å². The van der Waals surface area contributed by atoms with E-state index in [2.05, 4.69) is 20.7 Å². The Morgan fingerprint density at radius 2 is 2.04 bits per heavy atom. The van der Waals surface area contributed by atoms with Crippen LogP contribution in [0, 0.1) is 20.8 Å². The lowest BCUT2D eigenvalue weighted by Crippen LogP contribution is -2.13. The lowest BCUT2D eigenvalue weighted by atomic mass is 10.0. The number of amides is 1. The number of carbonyl (C=O) groups excluding carboxylic acids is 1. The van der Waals surface area contributed by atoms with Crippen molar-refractivity contribution in [2.24, 2.45) is 7.05 Å². The molecular weight excluding hydrogens is 350 g/mol. The van der Waals surface area contributed by atoms with Crippen LogP contribution in [-0.2, 0) is 7.05 Å². The molecule has 3 rings (SSSR count). The van der Waals surface area contributed by atoms with Gasteiger partial charge in [0, 0.05) is 24.9 Å². The van der Waals surface area contributed by atoms with Crippen molar-refractivity contribution in [3.05, 3.63) is 46.1 Å². The second kappa shape index (κ2) is 7.17. The Bertz CT molecular complexity index is 961. The molecule has 1 amide bonds. The van der Waals surface area contributed by atoms with Crippen LogP contribution < -0.4 is 15.4 Å². The minimum atomic E-state index is -0.200. The van der Waals surface area contributed by atoms with E-state index in [4.69, 9.17) is 4.74 Å². The summed E-state index contributed by atoms with van der Waals surface area (Å²) in [7, 11) is 3.47. The largest absolute Gasteiger partial charge is 0.496 e. The third kappa shape index (κ3) is 3.55. The van der Waals surface area contributed by atoms with Gasteiger partial charge in [-0.15, -0.1) is 0 Å². The Morgan fingerprint density at radius 3 is 2.69 bits per heavy atom. The molecule has 0 bridgehead atoms. The van der Waals surface area contributed by atoms with Crippen molar-refractivity contribution in [1.29, 1.82) is 0 Å². The third-order valence-electron chi connectivity index (χ3n) is 4.02. The van der Waals surface area contributed by atoms with Gasteiger partial charge in [0.2, 0.25) is 0 Å². The van der Waals surface area contributed by atoms with E-state index in [1.54, 1.807) is 18.0 Å². The van der Waals surface area contributed by atoms with Crippen LogP contribution in [0.15, 0.2) is 24.5 Å². The highest BCUT2D eigenvalue weighted by molar-refractivity contribution is 7.17. The number of benzene rings is 1. The summed E-state index contributed by atoms with van der Waals surface area (Å²) in [5.74, 6) is 1.27. The van der Waals surface area contributed by atoms with Crippen molar-refractivity contribution in [3.63, 3.8) is 0 Å². The minimum Gasteiger partial charge on any atom is -0.496 e. The van der Waals surface area contributed by atoms with Crippen LogP contribution in [0.1, 0.15) is 26.4 Å². The van der Waals surface area contributed by atoms with Crippen LogP contribution in [0.25, 0.3) is 0 Å². The average molecular weight is 371 g/mol. The summed E-state index contributed by atoms with van der Waals surface area (Å²) in [6, 6.07) is 3.84. The van der Waals surface area contributed by atoms with Gasteiger partial charge >= 0.3 is 0 Å². The highest BCUT2D eigenvalue weighted by atomic mass is 32.1. The molecule has 26 heavy (non-hydrogen) atoms. The number of ether oxygens (including phenoxy) is 1. The smallest absolute Gasteiger partial charge is 0.267 e. The van der Waals surface area contributed by atoms with Gasteiger partial charge in [-0.25, -0.2) is 4.98 Å². The molecule has 0 aliphatic heterocycles. The van der Waals surface area contributed by atoms with Gasteiger partial charge < -0.3 is 15.4 Å². The molecule has 3 aromatic rings. The van der Waals surface area contributed by atoms with Crippen LogP contribution in [0.2, 0.25) is 0 Å². The molecule has 0 unspecified atom stereocenters. The Balaban J connectivity index is 1.79. The van der Waals surface area contributed by atoms with E-state index in [9.17, 15) is 4.79 Å². The molecule has 2 heterocycles. The summed E-state index contributed by atoms with van der Waals surface area (Å²) < 4.78 is 7.15. The summed E-state index contributed by atoms with van der Waals surface area (Å²) >= 11 is 1.27. The first-order chi connectivity index (χ1) is 12.4. The van der Waals surface area contributed by atoms with Crippen molar-refractivity contribution in [1.82, 2.24) is 14.8 Å². The molecule has 0 saturated heterocycles. The molecule has 1 aromatic carbocycles. The number of nitrogens with one attached hydrogen (secondary N) is 2. The summed E-state index contributed by atoms with van der Waals surface area (Å²) in [4.78, 5) is 17.4. The van der Waals surface area contributed by atoms with Crippen molar-refractivity contribution >= 4 is 33.9 Å². The highest BCUT2D eigenvalue weighted by Gasteiger charge is 2.17. The Kier molecular flexibility index (Phi) is 4.94. The molecule has 0 spiro atoms. The maximum Gasteiger partial charge on any atom is 0.267 e. The normalized spacial score (nSPS) is 10.7. The van der Waals surface area contributed by atoms with Gasteiger partial charge in [0.05, 0.1) is 19.0 Å². The van der Waals surface area contributed by atoms with Gasteiger partial charge in [-0.2, -0.15) is 5.10 Å². The SMILES string of the molecule is COc1c(C)cc(C)c(NC(=O)c2cnc(Nc3ccn(C)n3)s2)c1C. The monoisotopic (exact) mass is 371 g/mol. The van der Waals surface area contributed by atoms with E-state index in [1.165, 1.54) is 11.3 Å². The van der Waals surface area contributed by atoms with E-state index in [-0.39, 0.29) is 5.91 Å². The van der Waals surface area contributed by atoms with E-state index < -0.39 is 0 Å². The molecule has 8 heteroatoms. The van der Waals surface area contributed by atoms with Crippen LogP contribution in [0.3, 0.4) is 0 Å². The average Bonchev–Trinajstić information content (AvgIpc) is 3.21. The van der Waals surface area contributed by atoms with Crippen LogP contribution >= 0.6 is 11.3 Å². The third-order valence-corrected chi connectivity index (χ3v) is 4.93. The molecule has 0 aliphatic carbocycles. The number of methoxy groups -OCH3 is 1. The molecule has 0 atom stereocenters. The number of hydrogen-bond donors (Lipinski definition) is 2. The zero-order valence-corrected chi connectivity index (χ0v) is 16.2. The molecule has 0 radical (unpaired) electrons. The predicted octanol–water partition coefficient (Wildman–Crippen LogP) is 3.81. The Morgan fingerprint density at radius 1 is 1.27 bits per heavy atom. The van der Waals surface area contributed by atoms with E-state index in [1.807, 2.05) is 46.1 Å². The van der Waals surface area contributed by atoms with Crippen LogP contribution in [0.5, 0.6) is 5.75 Å². The lowest BCUT2D eigenvalue weighted by molar-refractivity contribution is 0.103. The predicted molar refractivity (Wildman–Crippen MR) is 104 cm³/mol. The van der Waals surface area contributed by atoms with Gasteiger partial charge in [0.25, 0.3) is 5.91 Å². The lowest BCUT2D eigenvalue weighted by Gasteiger charge is -2.16. The first-order valence-corrected chi connectivity index (χ1v) is 8.89. The topological polar surface area (TPSA) is 81.1 Å². The summed E-state index contributed by atoms with van der Waals surface area (Å²) in [6.07, 6.45) is 3.39. The number of thiazole rings is 1. The number of nitrogens with zero attached hydrogens (tertiary/aromatic N) is 3. The van der Waals surface area contributed by atoms with E-state index in [0.29, 0.717) is 15.8 Å². The van der Waals surface area contributed by atoms with Gasteiger partial charge in [0.15, 0.2) is 10.9 Å². The molecule has 2 N–H and O–H groups in total. The number of aromatic nitrogens is 3. The fourth-order valence-corrected chi connectivity index (χ4v) is 3.60. The minimum absolute atomic E-state index is 0.200. The number of aryl methyl sites for hydroxylation is 3. The maximum atomic E-state index is 12.6. The molecule has 2 aromatic heterocycles. The Hall–Kier alpha value is -2.87. The summed E-state index contributed by atoms with van der Waals surface area (Å²) in [6.45, 7) is 5.90. The second-order valence-electron chi connectivity index (χ2n) is 6.03.